The third kappa shape index (κ3) is 5.81. The van der Waals surface area contributed by atoms with Crippen molar-refractivity contribution in [1.82, 2.24) is 19.5 Å². The van der Waals surface area contributed by atoms with Crippen molar-refractivity contribution in [3.05, 3.63) is 93.9 Å². The molecule has 0 saturated heterocycles. The van der Waals surface area contributed by atoms with Crippen LogP contribution in [-0.2, 0) is 22.3 Å². The van der Waals surface area contributed by atoms with Crippen LogP contribution in [0.4, 0.5) is 0 Å². The first-order chi connectivity index (χ1) is 15.8. The Kier molecular flexibility index (Phi) is 6.83. The first-order valence-corrected chi connectivity index (χ1v) is 12.9. The van der Waals surface area contributed by atoms with E-state index >= 15 is 0 Å². The second-order valence-electron chi connectivity index (χ2n) is 7.72. The molecule has 0 saturated carbocycles. The van der Waals surface area contributed by atoms with Gasteiger partial charge in [-0.2, -0.15) is 5.10 Å². The number of nitrogens with zero attached hydrogens (tertiary/aromatic N) is 3. The summed E-state index contributed by atoms with van der Waals surface area (Å²) in [5.74, 6) is -0.112. The maximum Gasteiger partial charge on any atom is 0.266 e. The van der Waals surface area contributed by atoms with Gasteiger partial charge in [-0.05, 0) is 25.5 Å². The zero-order valence-corrected chi connectivity index (χ0v) is 20.0. The molecule has 0 aliphatic rings. The van der Waals surface area contributed by atoms with Crippen LogP contribution in [0, 0.1) is 13.8 Å². The van der Waals surface area contributed by atoms with Crippen LogP contribution < -0.4 is 10.3 Å². The van der Waals surface area contributed by atoms with Crippen LogP contribution >= 0.6 is 11.3 Å². The van der Waals surface area contributed by atoms with Crippen molar-refractivity contribution in [2.75, 3.05) is 6.54 Å². The molecular formula is C24H24N4O3S2. The number of nitrogens with one attached hydrogen (secondary N) is 1. The molecule has 0 fully saturated rings. The molecular weight excluding hydrogens is 456 g/mol. The Morgan fingerprint density at radius 2 is 1.79 bits per heavy atom. The summed E-state index contributed by atoms with van der Waals surface area (Å²) in [5.41, 5.74) is 3.92. The number of hydrogen-bond donors (Lipinski definition) is 1. The summed E-state index contributed by atoms with van der Waals surface area (Å²) in [6.45, 7) is 4.03. The van der Waals surface area contributed by atoms with E-state index in [-0.39, 0.29) is 24.4 Å². The van der Waals surface area contributed by atoms with E-state index in [4.69, 9.17) is 0 Å². The maximum absolute atomic E-state index is 12.4. The molecule has 33 heavy (non-hydrogen) atoms. The average molecular weight is 481 g/mol. The van der Waals surface area contributed by atoms with Crippen molar-refractivity contribution in [2.24, 2.45) is 0 Å². The smallest absolute Gasteiger partial charge is 0.266 e. The highest BCUT2D eigenvalue weighted by Crippen LogP contribution is 2.33. The van der Waals surface area contributed by atoms with Crippen LogP contribution in [0.25, 0.3) is 21.1 Å². The van der Waals surface area contributed by atoms with Gasteiger partial charge in [0.2, 0.25) is 10.0 Å². The van der Waals surface area contributed by atoms with Gasteiger partial charge in [-0.25, -0.2) is 22.8 Å². The van der Waals surface area contributed by atoms with E-state index in [1.165, 1.54) is 22.1 Å². The Hall–Kier alpha value is -3.14. The highest BCUT2D eigenvalue weighted by molar-refractivity contribution is 7.88. The molecule has 170 valence electrons. The fraction of sp³-hybridized carbons (Fsp3) is 0.208. The normalized spacial score (nSPS) is 11.6. The van der Waals surface area contributed by atoms with Crippen LogP contribution in [0.15, 0.2) is 71.5 Å². The molecule has 2 aromatic carbocycles. The molecule has 2 aromatic heterocycles. The zero-order valence-electron chi connectivity index (χ0n) is 18.4. The van der Waals surface area contributed by atoms with Gasteiger partial charge in [0.1, 0.15) is 10.7 Å². The maximum atomic E-state index is 12.4. The second-order valence-corrected chi connectivity index (χ2v) is 10.5. The predicted molar refractivity (Wildman–Crippen MR) is 132 cm³/mol. The Labute approximate surface area is 196 Å². The molecule has 0 spiro atoms. The zero-order chi connectivity index (χ0) is 23.4. The van der Waals surface area contributed by atoms with E-state index in [9.17, 15) is 13.2 Å². The highest BCUT2D eigenvalue weighted by Gasteiger charge is 2.15. The van der Waals surface area contributed by atoms with Crippen molar-refractivity contribution >= 4 is 21.4 Å². The molecule has 0 atom stereocenters. The first-order valence-electron chi connectivity index (χ1n) is 10.4. The number of thiazole rings is 1. The van der Waals surface area contributed by atoms with Crippen LogP contribution in [0.3, 0.4) is 0 Å². The number of aryl methyl sites for hydroxylation is 2. The minimum Gasteiger partial charge on any atom is -0.268 e. The lowest BCUT2D eigenvalue weighted by Gasteiger charge is -2.09. The van der Waals surface area contributed by atoms with E-state index in [2.05, 4.69) is 14.8 Å². The fourth-order valence-corrected chi connectivity index (χ4v) is 5.61. The third-order valence-corrected chi connectivity index (χ3v) is 7.59. The van der Waals surface area contributed by atoms with Gasteiger partial charge in [0.05, 0.1) is 22.9 Å². The van der Waals surface area contributed by atoms with Crippen LogP contribution in [-0.4, -0.2) is 29.7 Å². The van der Waals surface area contributed by atoms with Crippen LogP contribution in [0.2, 0.25) is 0 Å². The Bertz CT molecular complexity index is 1430. The number of aromatic nitrogens is 3. The van der Waals surface area contributed by atoms with E-state index in [1.54, 1.807) is 12.1 Å². The Balaban J connectivity index is 1.47. The predicted octanol–water partition coefficient (Wildman–Crippen LogP) is 3.77. The third-order valence-electron chi connectivity index (χ3n) is 5.00. The summed E-state index contributed by atoms with van der Waals surface area (Å²) in [6, 6.07) is 20.4. The quantitative estimate of drug-likeness (QED) is 0.414. The Morgan fingerprint density at radius 3 is 2.55 bits per heavy atom. The molecule has 1 N–H and O–H groups in total. The van der Waals surface area contributed by atoms with Gasteiger partial charge in [0, 0.05) is 18.2 Å². The first kappa shape index (κ1) is 23.0. The van der Waals surface area contributed by atoms with Gasteiger partial charge in [0.15, 0.2) is 0 Å². The van der Waals surface area contributed by atoms with Crippen molar-refractivity contribution in [1.29, 1.82) is 0 Å². The number of rotatable bonds is 8. The largest absolute Gasteiger partial charge is 0.268 e. The SMILES string of the molecule is Cc1cccc(CS(=O)(=O)NCCn2nc(-c3sc(-c4ccccc4)nc3C)ccc2=O)c1. The van der Waals surface area contributed by atoms with Gasteiger partial charge in [-0.3, -0.25) is 4.79 Å². The summed E-state index contributed by atoms with van der Waals surface area (Å²) in [7, 11) is -3.53. The van der Waals surface area contributed by atoms with Crippen LogP contribution in [0.1, 0.15) is 16.8 Å². The number of benzene rings is 2. The highest BCUT2D eigenvalue weighted by atomic mass is 32.2. The van der Waals surface area contributed by atoms with E-state index in [1.807, 2.05) is 62.4 Å². The molecule has 4 rings (SSSR count). The summed E-state index contributed by atoms with van der Waals surface area (Å²) >= 11 is 1.51. The van der Waals surface area contributed by atoms with E-state index in [0.717, 1.165) is 32.3 Å². The lowest BCUT2D eigenvalue weighted by atomic mass is 10.2. The number of hydrogen-bond acceptors (Lipinski definition) is 6. The standard InChI is InChI=1S/C24H24N4O3S2/c1-17-7-6-8-19(15-17)16-33(30,31)25-13-14-28-22(29)12-11-21(27-28)23-18(2)26-24(32-23)20-9-4-3-5-10-20/h3-12,15,25H,13-14,16H2,1-2H3. The summed E-state index contributed by atoms with van der Waals surface area (Å²) in [6.07, 6.45) is 0. The molecule has 0 bridgehead atoms. The molecule has 0 unspecified atom stereocenters. The second kappa shape index (κ2) is 9.78. The van der Waals surface area contributed by atoms with Gasteiger partial charge in [-0.15, -0.1) is 11.3 Å². The molecule has 0 amide bonds. The molecule has 2 heterocycles. The number of sulfonamides is 1. The molecule has 0 aliphatic heterocycles. The summed E-state index contributed by atoms with van der Waals surface area (Å²) in [4.78, 5) is 17.8. The minimum absolute atomic E-state index is 0.0709. The van der Waals surface area contributed by atoms with Crippen molar-refractivity contribution in [3.8, 4) is 21.1 Å². The molecule has 4 aromatic rings. The molecule has 9 heteroatoms. The summed E-state index contributed by atoms with van der Waals surface area (Å²) < 4.78 is 28.7. The van der Waals surface area contributed by atoms with Gasteiger partial charge in [0.25, 0.3) is 5.56 Å². The van der Waals surface area contributed by atoms with E-state index < -0.39 is 10.0 Å². The lowest BCUT2D eigenvalue weighted by molar-refractivity contribution is 0.548. The van der Waals surface area contributed by atoms with E-state index in [0.29, 0.717) is 5.69 Å². The molecule has 0 radical (unpaired) electrons. The minimum atomic E-state index is -3.53. The Morgan fingerprint density at radius 1 is 1.00 bits per heavy atom. The molecule has 0 aliphatic carbocycles. The topological polar surface area (TPSA) is 93.9 Å². The molecule has 7 nitrogen and oxygen atoms in total. The van der Waals surface area contributed by atoms with Gasteiger partial charge >= 0.3 is 0 Å². The van der Waals surface area contributed by atoms with Crippen molar-refractivity contribution in [3.63, 3.8) is 0 Å². The summed E-state index contributed by atoms with van der Waals surface area (Å²) in [5, 5.41) is 5.35. The monoisotopic (exact) mass is 480 g/mol. The van der Waals surface area contributed by atoms with Gasteiger partial charge < -0.3 is 0 Å². The van der Waals surface area contributed by atoms with Crippen LogP contribution in [0.5, 0.6) is 0 Å². The van der Waals surface area contributed by atoms with Crippen molar-refractivity contribution in [2.45, 2.75) is 26.1 Å². The van der Waals surface area contributed by atoms with Crippen molar-refractivity contribution < 1.29 is 8.42 Å². The average Bonchev–Trinajstić information content (AvgIpc) is 3.17. The fourth-order valence-electron chi connectivity index (χ4n) is 3.45. The van der Waals surface area contributed by atoms with Gasteiger partial charge in [-0.1, -0.05) is 60.2 Å². The lowest BCUT2D eigenvalue weighted by Crippen LogP contribution is -2.32.